The van der Waals surface area contributed by atoms with E-state index in [1.54, 1.807) is 32.3 Å². The van der Waals surface area contributed by atoms with Crippen molar-refractivity contribution < 1.29 is 29.0 Å². The molecule has 3 N–H and O–H groups in total. The summed E-state index contributed by atoms with van der Waals surface area (Å²) in [6, 6.07) is 1.32. The number of aliphatic carboxylic acids is 1. The summed E-state index contributed by atoms with van der Waals surface area (Å²) >= 11 is 0. The minimum absolute atomic E-state index is 0.0105. The van der Waals surface area contributed by atoms with E-state index in [2.05, 4.69) is 69.1 Å². The SMILES string of the molecule is CC(C)C1C(=O)C[C@]2(NC(=O)Nc3ncccn3)CC[C@]3(C)C(=C12)CC[C@@H]1[C@@]2(C)CC[C@H](OC(=O)CC(C)(C)C(=O)O)C(C)(C)[C@@H]2CC[C@]13C. The molecule has 4 fully saturated rings. The maximum absolute atomic E-state index is 13.9. The van der Waals surface area contributed by atoms with Crippen LogP contribution < -0.4 is 10.6 Å². The molecular weight excluding hydrogens is 632 g/mol. The molecule has 0 aliphatic heterocycles. The average molecular weight is 691 g/mol. The summed E-state index contributed by atoms with van der Waals surface area (Å²) in [5.74, 6) is -0.304. The number of anilines is 1. The van der Waals surface area contributed by atoms with Gasteiger partial charge in [-0.25, -0.2) is 14.8 Å². The molecule has 1 aromatic heterocycles. The van der Waals surface area contributed by atoms with Crippen molar-refractivity contribution in [3.63, 3.8) is 0 Å². The fourth-order valence-corrected chi connectivity index (χ4v) is 12.2. The first-order valence-electron chi connectivity index (χ1n) is 18.8. The molecule has 5 aliphatic carbocycles. The molecular formula is C40H58N4O6. The molecule has 8 atom stereocenters. The number of aromatic nitrogens is 2. The second-order valence-electron chi connectivity index (χ2n) is 18.6. The number of carbonyl (C=O) groups excluding carboxylic acids is 3. The molecule has 0 aromatic carbocycles. The summed E-state index contributed by atoms with van der Waals surface area (Å²) in [5.41, 5.74) is 0.301. The van der Waals surface area contributed by atoms with Crippen LogP contribution in [0.4, 0.5) is 10.7 Å². The lowest BCUT2D eigenvalue weighted by Crippen LogP contribution is -2.65. The van der Waals surface area contributed by atoms with E-state index in [0.717, 1.165) is 44.9 Å². The molecule has 1 unspecified atom stereocenters. The summed E-state index contributed by atoms with van der Waals surface area (Å²) in [4.78, 5) is 60.5. The van der Waals surface area contributed by atoms with Gasteiger partial charge in [0.25, 0.3) is 0 Å². The van der Waals surface area contributed by atoms with Gasteiger partial charge in [0.1, 0.15) is 11.9 Å². The van der Waals surface area contributed by atoms with Gasteiger partial charge in [-0.1, -0.05) is 54.0 Å². The normalized spacial score (nSPS) is 37.6. The zero-order valence-electron chi connectivity index (χ0n) is 31.6. The smallest absolute Gasteiger partial charge is 0.322 e. The van der Waals surface area contributed by atoms with Crippen LogP contribution in [0.15, 0.2) is 29.6 Å². The number of Topliss-reactive ketones (excluding diaryl/α,β-unsaturated/α-hetero) is 1. The summed E-state index contributed by atoms with van der Waals surface area (Å²) in [7, 11) is 0. The number of hydrogen-bond donors (Lipinski definition) is 3. The van der Waals surface area contributed by atoms with Crippen molar-refractivity contribution in [1.29, 1.82) is 0 Å². The van der Waals surface area contributed by atoms with Crippen LogP contribution in [0.3, 0.4) is 0 Å². The first-order valence-corrected chi connectivity index (χ1v) is 18.8. The third kappa shape index (κ3) is 5.49. The van der Waals surface area contributed by atoms with Crippen molar-refractivity contribution in [2.75, 3.05) is 5.32 Å². The van der Waals surface area contributed by atoms with Gasteiger partial charge in [-0.15, -0.1) is 0 Å². The summed E-state index contributed by atoms with van der Waals surface area (Å²) in [5, 5.41) is 15.7. The lowest BCUT2D eigenvalue weighted by Gasteiger charge is -2.70. The van der Waals surface area contributed by atoms with Crippen molar-refractivity contribution in [3.05, 3.63) is 29.6 Å². The molecule has 10 nitrogen and oxygen atoms in total. The number of nitrogens with one attached hydrogen (secondary N) is 2. The van der Waals surface area contributed by atoms with Gasteiger partial charge in [0.05, 0.1) is 17.4 Å². The minimum atomic E-state index is -1.17. The fourth-order valence-electron chi connectivity index (χ4n) is 12.2. The monoisotopic (exact) mass is 690 g/mol. The number of esters is 1. The highest BCUT2D eigenvalue weighted by Gasteiger charge is 2.69. The van der Waals surface area contributed by atoms with Crippen LogP contribution in [-0.4, -0.2) is 50.5 Å². The first-order chi connectivity index (χ1) is 23.2. The Labute approximate surface area is 297 Å². The molecule has 2 amide bonds. The molecule has 4 saturated carbocycles. The number of amides is 2. The molecule has 0 radical (unpaired) electrons. The molecule has 10 heteroatoms. The molecule has 5 aliphatic rings. The van der Waals surface area contributed by atoms with E-state index in [0.29, 0.717) is 24.7 Å². The maximum Gasteiger partial charge on any atom is 0.322 e. The summed E-state index contributed by atoms with van der Waals surface area (Å²) in [6.45, 7) is 19.3. The Kier molecular flexibility index (Phi) is 8.87. The van der Waals surface area contributed by atoms with Gasteiger partial charge in [0.15, 0.2) is 0 Å². The van der Waals surface area contributed by atoms with Crippen molar-refractivity contribution in [2.24, 2.45) is 50.7 Å². The Morgan fingerprint density at radius 2 is 1.66 bits per heavy atom. The van der Waals surface area contributed by atoms with E-state index in [1.807, 2.05) is 0 Å². The van der Waals surface area contributed by atoms with Crippen molar-refractivity contribution in [2.45, 2.75) is 138 Å². The maximum atomic E-state index is 13.9. The van der Waals surface area contributed by atoms with Gasteiger partial charge in [0.2, 0.25) is 5.95 Å². The van der Waals surface area contributed by atoms with Crippen LogP contribution in [0.1, 0.15) is 127 Å². The molecule has 1 heterocycles. The van der Waals surface area contributed by atoms with Gasteiger partial charge < -0.3 is 15.2 Å². The van der Waals surface area contributed by atoms with E-state index in [1.165, 1.54) is 11.1 Å². The molecule has 6 rings (SSSR count). The van der Waals surface area contributed by atoms with Crippen molar-refractivity contribution in [1.82, 2.24) is 15.3 Å². The highest BCUT2D eigenvalue weighted by Crippen LogP contribution is 2.75. The largest absolute Gasteiger partial charge is 0.481 e. The Morgan fingerprint density at radius 1 is 0.980 bits per heavy atom. The van der Waals surface area contributed by atoms with Crippen LogP contribution in [-0.2, 0) is 19.1 Å². The zero-order valence-corrected chi connectivity index (χ0v) is 31.6. The van der Waals surface area contributed by atoms with Crippen LogP contribution in [0.2, 0.25) is 0 Å². The molecule has 50 heavy (non-hydrogen) atoms. The lowest BCUT2D eigenvalue weighted by atomic mass is 9.34. The highest BCUT2D eigenvalue weighted by molar-refractivity contribution is 5.95. The number of ketones is 1. The van der Waals surface area contributed by atoms with Gasteiger partial charge in [-0.05, 0) is 111 Å². The van der Waals surface area contributed by atoms with E-state index >= 15 is 0 Å². The zero-order chi connectivity index (χ0) is 36.7. The van der Waals surface area contributed by atoms with E-state index in [4.69, 9.17) is 4.74 Å². The van der Waals surface area contributed by atoms with Crippen LogP contribution in [0, 0.1) is 50.7 Å². The number of rotatable bonds is 7. The molecule has 0 bridgehead atoms. The predicted octanol–water partition coefficient (Wildman–Crippen LogP) is 7.74. The first kappa shape index (κ1) is 36.5. The highest BCUT2D eigenvalue weighted by atomic mass is 16.5. The second-order valence-corrected chi connectivity index (χ2v) is 18.6. The number of carboxylic acid groups (broad SMARTS) is 1. The van der Waals surface area contributed by atoms with Crippen molar-refractivity contribution in [3.8, 4) is 0 Å². The number of fused-ring (bicyclic) bond motifs is 6. The van der Waals surface area contributed by atoms with Gasteiger partial charge in [0, 0.05) is 30.1 Å². The van der Waals surface area contributed by atoms with Crippen LogP contribution >= 0.6 is 0 Å². The Balaban J connectivity index is 1.31. The van der Waals surface area contributed by atoms with E-state index in [-0.39, 0.29) is 63.8 Å². The molecule has 0 spiro atoms. The third-order valence-corrected chi connectivity index (χ3v) is 14.9. The minimum Gasteiger partial charge on any atom is -0.481 e. The summed E-state index contributed by atoms with van der Waals surface area (Å²) in [6.07, 6.45) is 10.4. The Hall–Kier alpha value is -3.30. The van der Waals surface area contributed by atoms with Gasteiger partial charge in [-0.2, -0.15) is 0 Å². The van der Waals surface area contributed by atoms with Crippen LogP contribution in [0.25, 0.3) is 0 Å². The Morgan fingerprint density at radius 3 is 2.30 bits per heavy atom. The third-order valence-electron chi connectivity index (χ3n) is 14.9. The second kappa shape index (κ2) is 12.1. The number of nitrogens with zero attached hydrogens (tertiary/aromatic N) is 2. The summed E-state index contributed by atoms with van der Waals surface area (Å²) < 4.78 is 6.14. The van der Waals surface area contributed by atoms with Crippen molar-refractivity contribution >= 4 is 29.7 Å². The van der Waals surface area contributed by atoms with Gasteiger partial charge >= 0.3 is 18.0 Å². The lowest BCUT2D eigenvalue weighted by molar-refractivity contribution is -0.214. The molecule has 0 saturated heterocycles. The number of ether oxygens (including phenoxy) is 1. The van der Waals surface area contributed by atoms with Crippen LogP contribution in [0.5, 0.6) is 0 Å². The molecule has 274 valence electrons. The number of carboxylic acids is 1. The van der Waals surface area contributed by atoms with E-state index in [9.17, 15) is 24.3 Å². The quantitative estimate of drug-likeness (QED) is 0.194. The van der Waals surface area contributed by atoms with Gasteiger partial charge in [-0.3, -0.25) is 19.7 Å². The number of carbonyl (C=O) groups is 4. The number of allylic oxidation sites excluding steroid dienone is 1. The topological polar surface area (TPSA) is 148 Å². The number of hydrogen-bond acceptors (Lipinski definition) is 7. The average Bonchev–Trinajstić information content (AvgIpc) is 3.30. The fraction of sp³-hybridized carbons (Fsp3) is 0.750. The standard InChI is InChI=1S/C40H58N4O6/c1-23(2)30-25(45)21-40(44-34(49)43-33-41-19-10-20-42-33)18-17-38(8)24(31(30)40)11-12-27-37(7)15-14-28(50-29(46)22-35(3,4)32(47)48)36(5,6)26(37)13-16-39(27,38)9/h10,19-20,23,26-28,30H,11-18,21-22H2,1-9H3,(H,47,48)(H2,41,42,43,44,49)/t26-,27+,28-,30?,37-,38+,39+,40+/m0/s1. The van der Waals surface area contributed by atoms with E-state index < -0.39 is 22.9 Å². The predicted molar refractivity (Wildman–Crippen MR) is 190 cm³/mol. The Bertz CT molecular complexity index is 1600. The number of urea groups is 1. The molecule has 1 aromatic rings.